The summed E-state index contributed by atoms with van der Waals surface area (Å²) >= 11 is 0. The molecule has 0 aromatic heterocycles. The molecule has 1 aromatic carbocycles. The third-order valence-electron chi connectivity index (χ3n) is 2.51. The Hall–Kier alpha value is -1.35. The lowest BCUT2D eigenvalue weighted by Gasteiger charge is -2.17. The summed E-state index contributed by atoms with van der Waals surface area (Å²) in [5.74, 6) is 0.0852. The molecule has 0 fully saturated rings. The minimum absolute atomic E-state index is 0.0852. The summed E-state index contributed by atoms with van der Waals surface area (Å²) in [5.41, 5.74) is 3.03. The number of rotatable bonds is 4. The van der Waals surface area contributed by atoms with Crippen molar-refractivity contribution in [2.24, 2.45) is 0 Å². The molecule has 0 spiro atoms. The van der Waals surface area contributed by atoms with Crippen LogP contribution in [0.1, 0.15) is 21.5 Å². The molecule has 0 unspecified atom stereocenters. The van der Waals surface area contributed by atoms with Gasteiger partial charge in [0.2, 0.25) is 0 Å². The highest BCUT2D eigenvalue weighted by Gasteiger charge is 2.11. The number of nitrogens with one attached hydrogen (secondary N) is 1. The highest BCUT2D eigenvalue weighted by atomic mass is 16.2. The van der Waals surface area contributed by atoms with Gasteiger partial charge in [-0.25, -0.2) is 0 Å². The molecule has 0 saturated carbocycles. The molecule has 1 amide bonds. The number of amides is 1. The van der Waals surface area contributed by atoms with Gasteiger partial charge in [-0.2, -0.15) is 0 Å². The number of hydrogen-bond donors (Lipinski definition) is 1. The maximum atomic E-state index is 12.1. The molecule has 0 aliphatic rings. The lowest BCUT2D eigenvalue weighted by Crippen LogP contribution is -2.32. The van der Waals surface area contributed by atoms with Crippen molar-refractivity contribution in [3.05, 3.63) is 34.9 Å². The van der Waals surface area contributed by atoms with Crippen LogP contribution in [0.5, 0.6) is 0 Å². The molecule has 16 heavy (non-hydrogen) atoms. The average molecular weight is 220 g/mol. The molecule has 88 valence electrons. The fraction of sp³-hybridized carbons (Fsp3) is 0.462. The zero-order valence-electron chi connectivity index (χ0n) is 10.5. The standard InChI is InChI=1S/C13H20N2O/c1-10-7-11(2)9-12(8-10)13(16)15(4)6-5-14-3/h7-9,14H,5-6H2,1-4H3. The van der Waals surface area contributed by atoms with E-state index in [0.717, 1.165) is 29.8 Å². The van der Waals surface area contributed by atoms with Gasteiger partial charge in [0.15, 0.2) is 0 Å². The largest absolute Gasteiger partial charge is 0.340 e. The normalized spacial score (nSPS) is 10.2. The zero-order chi connectivity index (χ0) is 12.1. The minimum Gasteiger partial charge on any atom is -0.340 e. The summed E-state index contributed by atoms with van der Waals surface area (Å²) in [6.07, 6.45) is 0. The molecule has 1 N–H and O–H groups in total. The van der Waals surface area contributed by atoms with Crippen molar-refractivity contribution in [2.75, 3.05) is 27.2 Å². The lowest BCUT2D eigenvalue weighted by atomic mass is 10.1. The number of carbonyl (C=O) groups excluding carboxylic acids is 1. The average Bonchev–Trinajstić information content (AvgIpc) is 2.23. The Morgan fingerprint density at radius 3 is 2.31 bits per heavy atom. The molecule has 0 aliphatic heterocycles. The van der Waals surface area contributed by atoms with Gasteiger partial charge in [-0.3, -0.25) is 4.79 Å². The Morgan fingerprint density at radius 2 is 1.81 bits per heavy atom. The van der Waals surface area contributed by atoms with Crippen LogP contribution < -0.4 is 5.32 Å². The number of likely N-dealkylation sites (N-methyl/N-ethyl adjacent to an activating group) is 2. The van der Waals surface area contributed by atoms with Crippen molar-refractivity contribution >= 4 is 5.91 Å². The first-order valence-electron chi connectivity index (χ1n) is 5.53. The number of nitrogens with zero attached hydrogens (tertiary/aromatic N) is 1. The van der Waals surface area contributed by atoms with Crippen molar-refractivity contribution in [3.8, 4) is 0 Å². The van der Waals surface area contributed by atoms with Crippen LogP contribution in [-0.4, -0.2) is 38.0 Å². The van der Waals surface area contributed by atoms with Crippen LogP contribution in [0.15, 0.2) is 18.2 Å². The van der Waals surface area contributed by atoms with E-state index in [0.29, 0.717) is 0 Å². The Balaban J connectivity index is 2.79. The van der Waals surface area contributed by atoms with E-state index in [2.05, 4.69) is 11.4 Å². The predicted octanol–water partition coefficient (Wildman–Crippen LogP) is 1.59. The van der Waals surface area contributed by atoms with Crippen molar-refractivity contribution in [1.82, 2.24) is 10.2 Å². The van der Waals surface area contributed by atoms with E-state index < -0.39 is 0 Å². The third-order valence-corrected chi connectivity index (χ3v) is 2.51. The molecule has 0 radical (unpaired) electrons. The van der Waals surface area contributed by atoms with E-state index in [4.69, 9.17) is 0 Å². The van der Waals surface area contributed by atoms with E-state index in [-0.39, 0.29) is 5.91 Å². The molecule has 0 atom stereocenters. The Morgan fingerprint density at radius 1 is 1.25 bits per heavy atom. The van der Waals surface area contributed by atoms with Gasteiger partial charge in [0.05, 0.1) is 0 Å². The van der Waals surface area contributed by atoms with Gasteiger partial charge in [0.1, 0.15) is 0 Å². The second kappa shape index (κ2) is 5.66. The Kier molecular flexibility index (Phi) is 4.50. The molecule has 1 rings (SSSR count). The second-order valence-electron chi connectivity index (χ2n) is 4.21. The number of aryl methyl sites for hydroxylation is 2. The first-order chi connectivity index (χ1) is 7.54. The molecule has 1 aromatic rings. The second-order valence-corrected chi connectivity index (χ2v) is 4.21. The molecule has 0 aliphatic carbocycles. The predicted molar refractivity (Wildman–Crippen MR) is 66.8 cm³/mol. The topological polar surface area (TPSA) is 32.3 Å². The highest BCUT2D eigenvalue weighted by molar-refractivity contribution is 5.94. The molecular formula is C13H20N2O. The highest BCUT2D eigenvalue weighted by Crippen LogP contribution is 2.10. The van der Waals surface area contributed by atoms with Gasteiger partial charge < -0.3 is 10.2 Å². The SMILES string of the molecule is CNCCN(C)C(=O)c1cc(C)cc(C)c1. The van der Waals surface area contributed by atoms with Gasteiger partial charge in [-0.05, 0) is 33.0 Å². The van der Waals surface area contributed by atoms with Crippen molar-refractivity contribution in [3.63, 3.8) is 0 Å². The fourth-order valence-corrected chi connectivity index (χ4v) is 1.70. The molecule has 3 nitrogen and oxygen atoms in total. The first-order valence-corrected chi connectivity index (χ1v) is 5.53. The quantitative estimate of drug-likeness (QED) is 0.836. The maximum Gasteiger partial charge on any atom is 0.253 e. The van der Waals surface area contributed by atoms with Crippen LogP contribution in [0.2, 0.25) is 0 Å². The first kappa shape index (κ1) is 12.7. The van der Waals surface area contributed by atoms with Crippen molar-refractivity contribution in [2.45, 2.75) is 13.8 Å². The molecule has 0 bridgehead atoms. The molecule has 3 heteroatoms. The Bertz CT molecular complexity index is 354. The van der Waals surface area contributed by atoms with Crippen LogP contribution >= 0.6 is 0 Å². The summed E-state index contributed by atoms with van der Waals surface area (Å²) in [7, 11) is 3.71. The molecular weight excluding hydrogens is 200 g/mol. The summed E-state index contributed by atoms with van der Waals surface area (Å²) < 4.78 is 0. The van der Waals surface area contributed by atoms with E-state index in [1.165, 1.54) is 0 Å². The number of hydrogen-bond acceptors (Lipinski definition) is 2. The Labute approximate surface area is 97.5 Å². The van der Waals surface area contributed by atoms with Gasteiger partial charge in [-0.1, -0.05) is 17.2 Å². The van der Waals surface area contributed by atoms with E-state index >= 15 is 0 Å². The fourth-order valence-electron chi connectivity index (χ4n) is 1.70. The monoisotopic (exact) mass is 220 g/mol. The minimum atomic E-state index is 0.0852. The maximum absolute atomic E-state index is 12.1. The van der Waals surface area contributed by atoms with Crippen molar-refractivity contribution in [1.29, 1.82) is 0 Å². The number of benzene rings is 1. The van der Waals surface area contributed by atoms with Crippen LogP contribution in [0.3, 0.4) is 0 Å². The van der Waals surface area contributed by atoms with Gasteiger partial charge >= 0.3 is 0 Å². The van der Waals surface area contributed by atoms with E-state index in [1.807, 2.05) is 40.1 Å². The van der Waals surface area contributed by atoms with Gasteiger partial charge in [0.25, 0.3) is 5.91 Å². The summed E-state index contributed by atoms with van der Waals surface area (Å²) in [5, 5.41) is 3.03. The van der Waals surface area contributed by atoms with Gasteiger partial charge in [-0.15, -0.1) is 0 Å². The van der Waals surface area contributed by atoms with Crippen LogP contribution in [0, 0.1) is 13.8 Å². The van der Waals surface area contributed by atoms with Crippen LogP contribution in [0.4, 0.5) is 0 Å². The zero-order valence-corrected chi connectivity index (χ0v) is 10.5. The van der Waals surface area contributed by atoms with Crippen molar-refractivity contribution < 1.29 is 4.79 Å². The summed E-state index contributed by atoms with van der Waals surface area (Å²) in [4.78, 5) is 13.8. The molecule has 0 saturated heterocycles. The molecule has 0 heterocycles. The van der Waals surface area contributed by atoms with E-state index in [9.17, 15) is 4.79 Å². The number of carbonyl (C=O) groups is 1. The van der Waals surface area contributed by atoms with E-state index in [1.54, 1.807) is 4.90 Å². The van der Waals surface area contributed by atoms with Crippen LogP contribution in [0.25, 0.3) is 0 Å². The van der Waals surface area contributed by atoms with Gasteiger partial charge in [0, 0.05) is 25.7 Å². The summed E-state index contributed by atoms with van der Waals surface area (Å²) in [6.45, 7) is 5.56. The smallest absolute Gasteiger partial charge is 0.253 e. The third kappa shape index (κ3) is 3.35. The lowest BCUT2D eigenvalue weighted by molar-refractivity contribution is 0.0796. The van der Waals surface area contributed by atoms with Crippen LogP contribution in [-0.2, 0) is 0 Å². The summed E-state index contributed by atoms with van der Waals surface area (Å²) in [6, 6.07) is 5.95.